The van der Waals surface area contributed by atoms with Crippen molar-refractivity contribution in [1.82, 2.24) is 0 Å². The summed E-state index contributed by atoms with van der Waals surface area (Å²) in [6, 6.07) is 0. The first-order valence-corrected chi connectivity index (χ1v) is 7.35. The van der Waals surface area contributed by atoms with Crippen LogP contribution in [0, 0.1) is 11.3 Å². The lowest BCUT2D eigenvalue weighted by Gasteiger charge is -2.39. The summed E-state index contributed by atoms with van der Waals surface area (Å²) in [5.41, 5.74) is 0.167. The molecule has 16 heavy (non-hydrogen) atoms. The molecule has 0 aromatic carbocycles. The molecule has 0 saturated carbocycles. The monoisotopic (exact) mass is 240 g/mol. The Bertz CT molecular complexity index is 286. The van der Waals surface area contributed by atoms with E-state index in [-0.39, 0.29) is 5.41 Å². The fraction of sp³-hybridized carbons (Fsp3) is 0.923. The maximum Gasteiger partial charge on any atom is 0.136 e. The van der Waals surface area contributed by atoms with Gasteiger partial charge in [-0.2, -0.15) is 11.8 Å². The topological polar surface area (TPSA) is 26.3 Å². The van der Waals surface area contributed by atoms with E-state index in [9.17, 15) is 4.79 Å². The summed E-state index contributed by atoms with van der Waals surface area (Å²) in [6.45, 7) is 3.75. The average Bonchev–Trinajstić information content (AvgIpc) is 2.55. The van der Waals surface area contributed by atoms with Crippen LogP contribution in [0.25, 0.3) is 0 Å². The molecule has 0 aromatic heterocycles. The third-order valence-electron chi connectivity index (χ3n) is 4.25. The number of ketones is 1. The third kappa shape index (κ3) is 2.04. The van der Waals surface area contributed by atoms with Crippen molar-refractivity contribution in [3.05, 3.63) is 0 Å². The molecule has 0 N–H and O–H groups in total. The van der Waals surface area contributed by atoms with Crippen molar-refractivity contribution in [3.8, 4) is 0 Å². The first-order chi connectivity index (χ1) is 7.65. The molecule has 90 valence electrons. The Morgan fingerprint density at radius 2 is 1.94 bits per heavy atom. The average molecular weight is 240 g/mol. The highest BCUT2D eigenvalue weighted by atomic mass is 32.2. The van der Waals surface area contributed by atoms with Crippen molar-refractivity contribution in [1.29, 1.82) is 0 Å². The van der Waals surface area contributed by atoms with Crippen molar-refractivity contribution >= 4 is 17.5 Å². The fourth-order valence-electron chi connectivity index (χ4n) is 3.24. The van der Waals surface area contributed by atoms with E-state index < -0.39 is 0 Å². The Hall–Kier alpha value is -0.0200. The van der Waals surface area contributed by atoms with Gasteiger partial charge in [-0.25, -0.2) is 0 Å². The first kappa shape index (κ1) is 11.1. The van der Waals surface area contributed by atoms with E-state index in [4.69, 9.17) is 4.74 Å². The van der Waals surface area contributed by atoms with Gasteiger partial charge in [0.25, 0.3) is 0 Å². The van der Waals surface area contributed by atoms with Crippen molar-refractivity contribution < 1.29 is 9.53 Å². The second-order valence-electron chi connectivity index (χ2n) is 6.07. The Labute approximate surface area is 101 Å². The predicted octanol–water partition coefficient (Wildman–Crippen LogP) is 2.66. The van der Waals surface area contributed by atoms with Gasteiger partial charge in [0.1, 0.15) is 5.78 Å². The zero-order valence-electron chi connectivity index (χ0n) is 9.91. The fourth-order valence-corrected chi connectivity index (χ4v) is 5.01. The van der Waals surface area contributed by atoms with Gasteiger partial charge in [-0.3, -0.25) is 4.79 Å². The molecule has 2 unspecified atom stereocenters. The summed E-state index contributed by atoms with van der Waals surface area (Å²) in [7, 11) is 0. The van der Waals surface area contributed by atoms with Crippen LogP contribution in [0.5, 0.6) is 0 Å². The second-order valence-corrected chi connectivity index (χ2v) is 7.68. The maximum atomic E-state index is 12.3. The van der Waals surface area contributed by atoms with Crippen LogP contribution in [0.4, 0.5) is 0 Å². The SMILES string of the molecule is CC1(CC(=O)C2CC3CCC(C2)S3)COC1. The highest BCUT2D eigenvalue weighted by molar-refractivity contribution is 8.00. The van der Waals surface area contributed by atoms with Gasteiger partial charge in [0.15, 0.2) is 0 Å². The zero-order valence-corrected chi connectivity index (χ0v) is 10.7. The minimum Gasteiger partial charge on any atom is -0.380 e. The van der Waals surface area contributed by atoms with Gasteiger partial charge in [-0.15, -0.1) is 0 Å². The summed E-state index contributed by atoms with van der Waals surface area (Å²) in [4.78, 5) is 12.3. The van der Waals surface area contributed by atoms with E-state index in [1.54, 1.807) is 0 Å². The van der Waals surface area contributed by atoms with E-state index in [1.165, 1.54) is 12.8 Å². The van der Waals surface area contributed by atoms with Crippen LogP contribution in [-0.4, -0.2) is 29.5 Å². The minimum atomic E-state index is 0.167. The number of fused-ring (bicyclic) bond motifs is 2. The van der Waals surface area contributed by atoms with Gasteiger partial charge in [0, 0.05) is 28.3 Å². The van der Waals surface area contributed by atoms with Crippen LogP contribution in [0.1, 0.15) is 39.0 Å². The van der Waals surface area contributed by atoms with Gasteiger partial charge in [-0.1, -0.05) is 6.92 Å². The summed E-state index contributed by atoms with van der Waals surface area (Å²) in [6.07, 6.45) is 5.74. The number of Topliss-reactive ketones (excluding diaryl/α,β-unsaturated/α-hetero) is 1. The zero-order chi connectivity index (χ0) is 11.2. The van der Waals surface area contributed by atoms with Crippen molar-refractivity contribution in [2.45, 2.75) is 49.5 Å². The largest absolute Gasteiger partial charge is 0.380 e. The number of hydrogen-bond acceptors (Lipinski definition) is 3. The lowest BCUT2D eigenvalue weighted by atomic mass is 9.79. The predicted molar refractivity (Wildman–Crippen MR) is 65.7 cm³/mol. The second kappa shape index (κ2) is 4.02. The summed E-state index contributed by atoms with van der Waals surface area (Å²) < 4.78 is 5.22. The molecule has 3 heterocycles. The molecule has 3 aliphatic heterocycles. The Morgan fingerprint density at radius 3 is 2.44 bits per heavy atom. The lowest BCUT2D eigenvalue weighted by Crippen LogP contribution is -2.43. The molecule has 3 rings (SSSR count). The molecule has 3 fully saturated rings. The smallest absolute Gasteiger partial charge is 0.136 e. The van der Waals surface area contributed by atoms with Gasteiger partial charge in [0.2, 0.25) is 0 Å². The van der Waals surface area contributed by atoms with Gasteiger partial charge < -0.3 is 4.74 Å². The molecular weight excluding hydrogens is 220 g/mol. The van der Waals surface area contributed by atoms with Crippen molar-refractivity contribution in [2.24, 2.45) is 11.3 Å². The van der Waals surface area contributed by atoms with E-state index in [0.29, 0.717) is 11.7 Å². The maximum absolute atomic E-state index is 12.3. The third-order valence-corrected chi connectivity index (χ3v) is 5.87. The van der Waals surface area contributed by atoms with Crippen LogP contribution in [0.2, 0.25) is 0 Å². The van der Waals surface area contributed by atoms with Crippen LogP contribution >= 0.6 is 11.8 Å². The molecule has 0 radical (unpaired) electrons. The summed E-state index contributed by atoms with van der Waals surface area (Å²) >= 11 is 2.13. The molecular formula is C13H20O2S. The van der Waals surface area contributed by atoms with Crippen LogP contribution in [-0.2, 0) is 9.53 Å². The number of hydrogen-bond donors (Lipinski definition) is 0. The molecule has 0 aromatic rings. The Balaban J connectivity index is 1.58. The summed E-state index contributed by atoms with van der Waals surface area (Å²) in [5, 5.41) is 1.58. The molecule has 0 aliphatic carbocycles. The van der Waals surface area contributed by atoms with E-state index in [1.807, 2.05) is 0 Å². The van der Waals surface area contributed by atoms with Crippen LogP contribution in [0.3, 0.4) is 0 Å². The van der Waals surface area contributed by atoms with E-state index in [0.717, 1.165) is 43.0 Å². The minimum absolute atomic E-state index is 0.167. The Kier molecular flexibility index (Phi) is 2.79. The molecule has 0 spiro atoms. The van der Waals surface area contributed by atoms with Gasteiger partial charge in [0.05, 0.1) is 13.2 Å². The number of ether oxygens (including phenoxy) is 1. The highest BCUT2D eigenvalue weighted by Gasteiger charge is 2.41. The Morgan fingerprint density at radius 1 is 1.31 bits per heavy atom. The van der Waals surface area contributed by atoms with E-state index in [2.05, 4.69) is 18.7 Å². The number of carbonyl (C=O) groups excluding carboxylic acids is 1. The number of carbonyl (C=O) groups is 1. The van der Waals surface area contributed by atoms with Gasteiger partial charge in [-0.05, 0) is 25.7 Å². The van der Waals surface area contributed by atoms with Crippen LogP contribution < -0.4 is 0 Å². The van der Waals surface area contributed by atoms with Crippen LogP contribution in [0.15, 0.2) is 0 Å². The first-order valence-electron chi connectivity index (χ1n) is 6.41. The molecule has 0 amide bonds. The number of thioether (sulfide) groups is 1. The normalized spacial score (nSPS) is 40.4. The molecule has 2 bridgehead atoms. The standard InChI is InChI=1S/C13H20O2S/c1-13(7-15-8-13)6-12(14)9-4-10-2-3-11(5-9)16-10/h9-11H,2-8H2,1H3. The van der Waals surface area contributed by atoms with Gasteiger partial charge >= 0.3 is 0 Å². The quantitative estimate of drug-likeness (QED) is 0.758. The molecule has 3 saturated heterocycles. The molecule has 3 aliphatic rings. The molecule has 3 heteroatoms. The highest BCUT2D eigenvalue weighted by Crippen LogP contribution is 2.47. The summed E-state index contributed by atoms with van der Waals surface area (Å²) in [5.74, 6) is 0.888. The lowest BCUT2D eigenvalue weighted by molar-refractivity contribution is -0.140. The van der Waals surface area contributed by atoms with Crippen molar-refractivity contribution in [3.63, 3.8) is 0 Å². The molecule has 2 nitrogen and oxygen atoms in total. The van der Waals surface area contributed by atoms with E-state index >= 15 is 0 Å². The van der Waals surface area contributed by atoms with Crippen molar-refractivity contribution in [2.75, 3.05) is 13.2 Å². The molecule has 2 atom stereocenters. The number of rotatable bonds is 3.